The van der Waals surface area contributed by atoms with Crippen molar-refractivity contribution in [3.63, 3.8) is 0 Å². The third kappa shape index (κ3) is 32.1. The van der Waals surface area contributed by atoms with Crippen LogP contribution >= 0.6 is 0 Å². The van der Waals surface area contributed by atoms with Gasteiger partial charge in [-0.15, -0.1) is 0 Å². The van der Waals surface area contributed by atoms with E-state index >= 15 is 0 Å². The summed E-state index contributed by atoms with van der Waals surface area (Å²) in [5.74, 6) is -3.41. The number of ether oxygens (including phenoxy) is 6. The summed E-state index contributed by atoms with van der Waals surface area (Å²) in [5, 5.41) is 0. The van der Waals surface area contributed by atoms with Crippen LogP contribution in [0.15, 0.2) is 0 Å². The standard InChI is InChI=1S/C53H100N4O11/c1-4-6-8-10-12-14-16-18-20-22-24-26-28-30-32-34-38-57(39-35-33-31-29-27-25-23-21-19-17-15-13-11-9-7-5-2)45(58)36-37-46(59)64-43-44-50(66-47(60)40-54)51(67-48(61)41-55)52(53(63-3)65-44)68-49(62)42-56/h44,50-53H,4-43,54-56H2,1-3H3/t44-,50+,51+,52-,53+/m1/s1. The summed E-state index contributed by atoms with van der Waals surface area (Å²) in [4.78, 5) is 65.7. The highest BCUT2D eigenvalue weighted by molar-refractivity contribution is 5.81. The van der Waals surface area contributed by atoms with Crippen molar-refractivity contribution >= 4 is 29.8 Å². The summed E-state index contributed by atoms with van der Waals surface area (Å²) in [5.41, 5.74) is 16.5. The third-order valence-corrected chi connectivity index (χ3v) is 13.0. The van der Waals surface area contributed by atoms with Gasteiger partial charge in [0, 0.05) is 26.6 Å². The normalized spacial score (nSPS) is 18.0. The van der Waals surface area contributed by atoms with Crippen molar-refractivity contribution in [1.82, 2.24) is 4.90 Å². The van der Waals surface area contributed by atoms with Crippen LogP contribution in [0.2, 0.25) is 0 Å². The highest BCUT2D eigenvalue weighted by atomic mass is 16.7. The lowest BCUT2D eigenvalue weighted by Gasteiger charge is -2.43. The van der Waals surface area contributed by atoms with Crippen LogP contribution in [-0.4, -0.2) is 112 Å². The molecule has 6 N–H and O–H groups in total. The Morgan fingerprint density at radius 3 is 1.09 bits per heavy atom. The second kappa shape index (κ2) is 44.1. The van der Waals surface area contributed by atoms with Gasteiger partial charge < -0.3 is 50.5 Å². The molecule has 398 valence electrons. The van der Waals surface area contributed by atoms with Crippen molar-refractivity contribution in [2.24, 2.45) is 17.2 Å². The fourth-order valence-electron chi connectivity index (χ4n) is 8.88. The van der Waals surface area contributed by atoms with E-state index in [1.165, 1.54) is 174 Å². The van der Waals surface area contributed by atoms with E-state index in [1.807, 2.05) is 4.90 Å². The molecule has 1 heterocycles. The quantitative estimate of drug-likeness (QED) is 0.0294. The summed E-state index contributed by atoms with van der Waals surface area (Å²) >= 11 is 0. The van der Waals surface area contributed by atoms with E-state index in [0.29, 0.717) is 13.1 Å². The van der Waals surface area contributed by atoms with Gasteiger partial charge >= 0.3 is 23.9 Å². The molecule has 0 aromatic carbocycles. The van der Waals surface area contributed by atoms with Crippen LogP contribution < -0.4 is 17.2 Å². The number of rotatable bonds is 46. The highest BCUT2D eigenvalue weighted by Gasteiger charge is 2.53. The molecule has 0 saturated carbocycles. The molecule has 0 unspecified atom stereocenters. The SMILES string of the molecule is CCCCCCCCCCCCCCCCCCN(CCCCCCCCCCCCCCCCCC)C(=O)CCC(=O)OC[C@H]1O[C@H](OC)[C@H](OC(=O)CN)[C@@H](OC(=O)CN)[C@H]1OC(=O)CN. The van der Waals surface area contributed by atoms with Crippen molar-refractivity contribution in [3.8, 4) is 0 Å². The van der Waals surface area contributed by atoms with E-state index in [0.717, 1.165) is 38.5 Å². The molecular formula is C53H100N4O11. The number of esters is 4. The summed E-state index contributed by atoms with van der Waals surface area (Å²) in [6.45, 7) is 3.81. The number of unbranched alkanes of at least 4 members (excludes halogenated alkanes) is 30. The molecule has 15 nitrogen and oxygen atoms in total. The lowest BCUT2D eigenvalue weighted by Crippen LogP contribution is -2.63. The summed E-state index contributed by atoms with van der Waals surface area (Å²) in [6.07, 6.45) is 34.0. The van der Waals surface area contributed by atoms with Crippen LogP contribution in [-0.2, 0) is 52.4 Å². The van der Waals surface area contributed by atoms with E-state index in [1.54, 1.807) is 0 Å². The molecule has 1 aliphatic rings. The second-order valence-corrected chi connectivity index (χ2v) is 18.9. The minimum Gasteiger partial charge on any atom is -0.463 e. The van der Waals surface area contributed by atoms with Crippen molar-refractivity contribution in [2.75, 3.05) is 46.4 Å². The Bertz CT molecular complexity index is 1240. The molecule has 15 heteroatoms. The Hall–Kier alpha value is -2.85. The third-order valence-electron chi connectivity index (χ3n) is 13.0. The maximum atomic E-state index is 13.6. The zero-order chi connectivity index (χ0) is 49.9. The van der Waals surface area contributed by atoms with E-state index < -0.39 is 80.8 Å². The van der Waals surface area contributed by atoms with Gasteiger partial charge in [-0.25, -0.2) is 0 Å². The largest absolute Gasteiger partial charge is 0.463 e. The zero-order valence-corrected chi connectivity index (χ0v) is 43.3. The Kier molecular flexibility index (Phi) is 41.0. The molecule has 5 atom stereocenters. The number of methoxy groups -OCH3 is 1. The molecule has 0 spiro atoms. The summed E-state index contributed by atoms with van der Waals surface area (Å²) in [6, 6.07) is 0. The van der Waals surface area contributed by atoms with Crippen LogP contribution in [0, 0.1) is 0 Å². The fraction of sp³-hybridized carbons (Fsp3) is 0.906. The van der Waals surface area contributed by atoms with Gasteiger partial charge in [-0.3, -0.25) is 24.0 Å². The van der Waals surface area contributed by atoms with Crippen LogP contribution in [0.1, 0.15) is 232 Å². The second-order valence-electron chi connectivity index (χ2n) is 18.9. The Morgan fingerprint density at radius 1 is 0.426 bits per heavy atom. The first kappa shape index (κ1) is 63.2. The zero-order valence-electron chi connectivity index (χ0n) is 43.3. The molecule has 0 bridgehead atoms. The molecule has 0 aromatic rings. The van der Waals surface area contributed by atoms with Crippen molar-refractivity contribution in [3.05, 3.63) is 0 Å². The van der Waals surface area contributed by atoms with Crippen molar-refractivity contribution < 1.29 is 52.4 Å². The molecule has 68 heavy (non-hydrogen) atoms. The average Bonchev–Trinajstić information content (AvgIpc) is 3.34. The monoisotopic (exact) mass is 969 g/mol. The molecule has 1 rings (SSSR count). The summed E-state index contributed by atoms with van der Waals surface area (Å²) in [7, 11) is 1.27. The highest BCUT2D eigenvalue weighted by Crippen LogP contribution is 2.30. The predicted octanol–water partition coefficient (Wildman–Crippen LogP) is 9.64. The number of nitrogens with zero attached hydrogens (tertiary/aromatic N) is 1. The predicted molar refractivity (Wildman–Crippen MR) is 268 cm³/mol. The van der Waals surface area contributed by atoms with Crippen molar-refractivity contribution in [2.45, 2.75) is 263 Å². The lowest BCUT2D eigenvalue weighted by molar-refractivity contribution is -0.302. The Balaban J connectivity index is 2.68. The van der Waals surface area contributed by atoms with Gasteiger partial charge in [0.2, 0.25) is 5.91 Å². The van der Waals surface area contributed by atoms with Crippen LogP contribution in [0.3, 0.4) is 0 Å². The van der Waals surface area contributed by atoms with Crippen LogP contribution in [0.4, 0.5) is 0 Å². The lowest BCUT2D eigenvalue weighted by atomic mass is 9.98. The van der Waals surface area contributed by atoms with Gasteiger partial charge in [0.1, 0.15) is 12.7 Å². The Labute approximate surface area is 412 Å². The molecular weight excluding hydrogens is 869 g/mol. The smallest absolute Gasteiger partial charge is 0.320 e. The maximum absolute atomic E-state index is 13.6. The van der Waals surface area contributed by atoms with Gasteiger partial charge in [0.15, 0.2) is 24.6 Å². The van der Waals surface area contributed by atoms with Gasteiger partial charge in [0.05, 0.1) is 26.1 Å². The maximum Gasteiger partial charge on any atom is 0.320 e. The van der Waals surface area contributed by atoms with Crippen LogP contribution in [0.5, 0.6) is 0 Å². The van der Waals surface area contributed by atoms with Crippen LogP contribution in [0.25, 0.3) is 0 Å². The van der Waals surface area contributed by atoms with Crippen molar-refractivity contribution in [1.29, 1.82) is 0 Å². The molecule has 0 radical (unpaired) electrons. The van der Waals surface area contributed by atoms with Gasteiger partial charge in [-0.1, -0.05) is 206 Å². The first-order valence-electron chi connectivity index (χ1n) is 27.5. The van der Waals surface area contributed by atoms with Gasteiger partial charge in [0.25, 0.3) is 0 Å². The number of amides is 1. The Morgan fingerprint density at radius 2 is 0.750 bits per heavy atom. The van der Waals surface area contributed by atoms with Gasteiger partial charge in [-0.2, -0.15) is 0 Å². The molecule has 1 fully saturated rings. The minimum absolute atomic E-state index is 0.0256. The van der Waals surface area contributed by atoms with Gasteiger partial charge in [-0.05, 0) is 12.8 Å². The fourth-order valence-corrected chi connectivity index (χ4v) is 8.88. The number of hydrogen-bond acceptors (Lipinski definition) is 14. The topological polar surface area (TPSA) is 222 Å². The minimum atomic E-state index is -1.47. The van der Waals surface area contributed by atoms with E-state index in [9.17, 15) is 24.0 Å². The number of nitrogens with two attached hydrogens (primary N) is 3. The molecule has 0 aliphatic carbocycles. The number of carbonyl (C=O) groups is 5. The van der Waals surface area contributed by atoms with E-state index in [4.69, 9.17) is 45.6 Å². The first-order chi connectivity index (χ1) is 33.1. The first-order valence-corrected chi connectivity index (χ1v) is 27.5. The molecule has 0 aromatic heterocycles. The molecule has 1 aliphatic heterocycles. The number of hydrogen-bond donors (Lipinski definition) is 3. The number of carbonyl (C=O) groups excluding carboxylic acids is 5. The van der Waals surface area contributed by atoms with E-state index in [-0.39, 0.29) is 18.7 Å². The summed E-state index contributed by atoms with van der Waals surface area (Å²) < 4.78 is 33.2. The molecule has 1 saturated heterocycles. The average molecular weight is 969 g/mol. The molecule has 1 amide bonds. The van der Waals surface area contributed by atoms with E-state index in [2.05, 4.69) is 13.8 Å².